The zero-order chi connectivity index (χ0) is 8.48. The van der Waals surface area contributed by atoms with Gasteiger partial charge >= 0.3 is 0 Å². The average Bonchev–Trinajstić information content (AvgIpc) is 2.31. The summed E-state index contributed by atoms with van der Waals surface area (Å²) < 4.78 is 1.97. The van der Waals surface area contributed by atoms with E-state index in [1.165, 1.54) is 0 Å². The Bertz CT molecular complexity index is 234. The first kappa shape index (κ1) is 8.27. The van der Waals surface area contributed by atoms with Crippen molar-refractivity contribution in [2.45, 2.75) is 32.9 Å². The Hall–Kier alpha value is -0.830. The van der Waals surface area contributed by atoms with Gasteiger partial charge in [0.2, 0.25) is 0 Å². The lowest BCUT2D eigenvalue weighted by Crippen LogP contribution is -2.23. The molecule has 1 heterocycles. The lowest BCUT2D eigenvalue weighted by atomic mass is 10.1. The van der Waals surface area contributed by atoms with Crippen LogP contribution in [0.1, 0.15) is 26.6 Å². The summed E-state index contributed by atoms with van der Waals surface area (Å²) in [5.41, 5.74) is 0.00850. The van der Waals surface area contributed by atoms with E-state index in [9.17, 15) is 0 Å². The number of hydrogen-bond donors (Lipinski definition) is 1. The van der Waals surface area contributed by atoms with E-state index in [0.29, 0.717) is 0 Å². The molecule has 0 aliphatic rings. The lowest BCUT2D eigenvalue weighted by molar-refractivity contribution is 0.250. The maximum absolute atomic E-state index is 8.89. The number of aliphatic hydroxyl groups excluding tert-OH is 1. The molecule has 0 radical (unpaired) electrons. The van der Waals surface area contributed by atoms with E-state index in [2.05, 4.69) is 25.8 Å². The third kappa shape index (κ3) is 1.60. The second kappa shape index (κ2) is 2.66. The average molecular weight is 154 g/mol. The minimum atomic E-state index is 0.00424. The molecular weight excluding hydrogens is 140 g/mol. The molecule has 0 unspecified atom stereocenters. The van der Waals surface area contributed by atoms with Crippen LogP contribution < -0.4 is 0 Å². The van der Waals surface area contributed by atoms with Crippen LogP contribution in [0.4, 0.5) is 0 Å². The predicted octanol–water partition coefficient (Wildman–Crippen LogP) is 1.13. The van der Waals surface area contributed by atoms with Gasteiger partial charge in [-0.1, -0.05) is 0 Å². The smallest absolute Gasteiger partial charge is 0.134 e. The first-order chi connectivity index (χ1) is 5.05. The van der Waals surface area contributed by atoms with E-state index in [1.807, 2.05) is 10.8 Å². The Morgan fingerprint density at radius 1 is 1.55 bits per heavy atom. The molecule has 0 saturated heterocycles. The molecule has 1 aromatic rings. The fraction of sp³-hybridized carbons (Fsp3) is 0.625. The lowest BCUT2D eigenvalue weighted by Gasteiger charge is -2.22. The zero-order valence-electron chi connectivity index (χ0n) is 7.20. The van der Waals surface area contributed by atoms with Crippen LogP contribution in [0.25, 0.3) is 0 Å². The molecule has 1 aromatic heterocycles. The summed E-state index contributed by atoms with van der Waals surface area (Å²) in [6, 6.07) is 0. The summed E-state index contributed by atoms with van der Waals surface area (Å²) >= 11 is 0. The third-order valence-electron chi connectivity index (χ3n) is 1.58. The van der Waals surface area contributed by atoms with Crippen LogP contribution in [-0.2, 0) is 12.1 Å². The Balaban J connectivity index is 3.02. The molecule has 62 valence electrons. The molecule has 3 nitrogen and oxygen atoms in total. The number of rotatable bonds is 1. The summed E-state index contributed by atoms with van der Waals surface area (Å²) in [4.78, 5) is 4.01. The van der Waals surface area contributed by atoms with Gasteiger partial charge in [-0.3, -0.25) is 0 Å². The molecule has 0 spiro atoms. The van der Waals surface area contributed by atoms with Crippen molar-refractivity contribution < 1.29 is 5.11 Å². The molecule has 0 bridgehead atoms. The molecule has 1 rings (SSSR count). The van der Waals surface area contributed by atoms with Crippen molar-refractivity contribution in [3.8, 4) is 0 Å². The Morgan fingerprint density at radius 3 is 2.55 bits per heavy atom. The van der Waals surface area contributed by atoms with Crippen molar-refractivity contribution in [2.75, 3.05) is 0 Å². The van der Waals surface area contributed by atoms with Crippen molar-refractivity contribution in [1.82, 2.24) is 9.55 Å². The number of imidazole rings is 1. The number of hydrogen-bond acceptors (Lipinski definition) is 2. The number of nitrogens with zero attached hydrogens (tertiary/aromatic N) is 2. The van der Waals surface area contributed by atoms with Crippen LogP contribution in [0.2, 0.25) is 0 Å². The molecule has 0 aliphatic heterocycles. The standard InChI is InChI=1S/C8H14N2O/c1-8(2,3)10-5-4-9-7(10)6-11/h4-5,11H,6H2,1-3H3. The molecule has 1 N–H and O–H groups in total. The summed E-state index contributed by atoms with van der Waals surface area (Å²) in [7, 11) is 0. The normalized spacial score (nSPS) is 12.0. The van der Waals surface area contributed by atoms with Gasteiger partial charge in [0.1, 0.15) is 12.4 Å². The van der Waals surface area contributed by atoms with Gasteiger partial charge in [0.05, 0.1) is 0 Å². The van der Waals surface area contributed by atoms with E-state index >= 15 is 0 Å². The topological polar surface area (TPSA) is 38.0 Å². The zero-order valence-corrected chi connectivity index (χ0v) is 7.20. The number of aromatic nitrogens is 2. The first-order valence-corrected chi connectivity index (χ1v) is 3.69. The number of aliphatic hydroxyl groups is 1. The van der Waals surface area contributed by atoms with Gasteiger partial charge in [0.15, 0.2) is 0 Å². The van der Waals surface area contributed by atoms with Crippen LogP contribution in [-0.4, -0.2) is 14.7 Å². The van der Waals surface area contributed by atoms with Gasteiger partial charge in [0, 0.05) is 17.9 Å². The highest BCUT2D eigenvalue weighted by Gasteiger charge is 2.15. The maximum atomic E-state index is 8.89. The molecule has 0 saturated carbocycles. The molecular formula is C8H14N2O. The highest BCUT2D eigenvalue weighted by Crippen LogP contribution is 2.15. The van der Waals surface area contributed by atoms with Crippen molar-refractivity contribution >= 4 is 0 Å². The van der Waals surface area contributed by atoms with E-state index in [1.54, 1.807) is 6.20 Å². The second-order valence-corrected chi connectivity index (χ2v) is 3.54. The molecule has 0 fully saturated rings. The predicted molar refractivity (Wildman–Crippen MR) is 43.1 cm³/mol. The van der Waals surface area contributed by atoms with Crippen LogP contribution in [0.3, 0.4) is 0 Å². The van der Waals surface area contributed by atoms with Crippen LogP contribution >= 0.6 is 0 Å². The summed E-state index contributed by atoms with van der Waals surface area (Å²) in [6.45, 7) is 6.24. The van der Waals surface area contributed by atoms with E-state index < -0.39 is 0 Å². The van der Waals surface area contributed by atoms with Crippen LogP contribution in [0.15, 0.2) is 12.4 Å². The van der Waals surface area contributed by atoms with E-state index in [0.717, 1.165) is 5.82 Å². The summed E-state index contributed by atoms with van der Waals surface area (Å²) in [5.74, 6) is 0.720. The molecule has 0 amide bonds. The van der Waals surface area contributed by atoms with Gasteiger partial charge in [-0.15, -0.1) is 0 Å². The minimum Gasteiger partial charge on any atom is -0.388 e. The molecule has 3 heteroatoms. The quantitative estimate of drug-likeness (QED) is 0.658. The van der Waals surface area contributed by atoms with Gasteiger partial charge in [-0.05, 0) is 20.8 Å². The van der Waals surface area contributed by atoms with Crippen molar-refractivity contribution in [1.29, 1.82) is 0 Å². The third-order valence-corrected chi connectivity index (χ3v) is 1.58. The highest BCUT2D eigenvalue weighted by atomic mass is 16.3. The molecule has 0 aromatic carbocycles. The molecule has 0 atom stereocenters. The van der Waals surface area contributed by atoms with Gasteiger partial charge in [-0.25, -0.2) is 4.98 Å². The van der Waals surface area contributed by atoms with Crippen LogP contribution in [0, 0.1) is 0 Å². The van der Waals surface area contributed by atoms with Gasteiger partial charge < -0.3 is 9.67 Å². The second-order valence-electron chi connectivity index (χ2n) is 3.54. The Kier molecular flexibility index (Phi) is 2.00. The van der Waals surface area contributed by atoms with E-state index in [4.69, 9.17) is 5.11 Å². The Labute approximate surface area is 66.7 Å². The van der Waals surface area contributed by atoms with Crippen molar-refractivity contribution in [3.63, 3.8) is 0 Å². The largest absolute Gasteiger partial charge is 0.388 e. The minimum absolute atomic E-state index is 0.00424. The summed E-state index contributed by atoms with van der Waals surface area (Å²) in [6.07, 6.45) is 3.59. The van der Waals surface area contributed by atoms with Gasteiger partial charge in [-0.2, -0.15) is 0 Å². The van der Waals surface area contributed by atoms with E-state index in [-0.39, 0.29) is 12.1 Å². The fourth-order valence-corrected chi connectivity index (χ4v) is 1.06. The monoisotopic (exact) mass is 154 g/mol. The Morgan fingerprint density at radius 2 is 2.18 bits per heavy atom. The summed E-state index contributed by atoms with van der Waals surface area (Å²) in [5, 5.41) is 8.89. The SMILES string of the molecule is CC(C)(C)n1ccnc1CO. The molecule has 0 aliphatic carbocycles. The fourth-order valence-electron chi connectivity index (χ4n) is 1.06. The van der Waals surface area contributed by atoms with Crippen molar-refractivity contribution in [2.24, 2.45) is 0 Å². The maximum Gasteiger partial charge on any atom is 0.134 e. The highest BCUT2D eigenvalue weighted by molar-refractivity contribution is 4.95. The molecule has 11 heavy (non-hydrogen) atoms. The van der Waals surface area contributed by atoms with Crippen molar-refractivity contribution in [3.05, 3.63) is 18.2 Å². The van der Waals surface area contributed by atoms with Gasteiger partial charge in [0.25, 0.3) is 0 Å². The van der Waals surface area contributed by atoms with Crippen LogP contribution in [0.5, 0.6) is 0 Å². The first-order valence-electron chi connectivity index (χ1n) is 3.69.